The number of carbonyl (C=O) groups is 1. The van der Waals surface area contributed by atoms with Gasteiger partial charge in [0.2, 0.25) is 0 Å². The summed E-state index contributed by atoms with van der Waals surface area (Å²) in [5.74, 6) is 3.41. The van der Waals surface area contributed by atoms with Gasteiger partial charge in [0, 0.05) is 13.0 Å². The average molecular weight is 235 g/mol. The van der Waals surface area contributed by atoms with Gasteiger partial charge in [-0.3, -0.25) is 9.69 Å². The van der Waals surface area contributed by atoms with Crippen LogP contribution in [-0.2, 0) is 4.79 Å². The molecule has 0 aromatic heterocycles. The first-order valence-corrected chi connectivity index (χ1v) is 7.47. The molecule has 4 atom stereocenters. The lowest BCUT2D eigenvalue weighted by molar-refractivity contribution is -0.125. The molecule has 3 fully saturated rings. The van der Waals surface area contributed by atoms with Gasteiger partial charge in [0.25, 0.3) is 0 Å². The van der Waals surface area contributed by atoms with Crippen LogP contribution in [0, 0.1) is 17.8 Å². The van der Waals surface area contributed by atoms with Crippen molar-refractivity contribution >= 4 is 5.78 Å². The molecular weight excluding hydrogens is 210 g/mol. The van der Waals surface area contributed by atoms with E-state index < -0.39 is 0 Å². The molecular formula is C15H25NO. The molecule has 0 aromatic rings. The number of fused-ring (bicyclic) bond motifs is 2. The third-order valence-corrected chi connectivity index (χ3v) is 5.46. The molecule has 0 N–H and O–H groups in total. The lowest BCUT2D eigenvalue weighted by Crippen LogP contribution is -2.43. The van der Waals surface area contributed by atoms with E-state index >= 15 is 0 Å². The zero-order chi connectivity index (χ0) is 11.8. The zero-order valence-corrected chi connectivity index (χ0v) is 11.0. The van der Waals surface area contributed by atoms with Crippen molar-refractivity contribution in [2.45, 2.75) is 57.4 Å². The molecule has 2 heteroatoms. The molecule has 0 spiro atoms. The molecule has 0 radical (unpaired) electrons. The topological polar surface area (TPSA) is 20.3 Å². The van der Waals surface area contributed by atoms with Gasteiger partial charge in [0.15, 0.2) is 0 Å². The van der Waals surface area contributed by atoms with E-state index in [1.165, 1.54) is 38.6 Å². The maximum absolute atomic E-state index is 11.9. The number of hydrogen-bond acceptors (Lipinski definition) is 2. The first-order valence-electron chi connectivity index (χ1n) is 7.47. The Labute approximate surface area is 105 Å². The molecule has 0 saturated heterocycles. The molecule has 0 aliphatic heterocycles. The molecule has 0 aromatic carbocycles. The Balaban J connectivity index is 1.55. The van der Waals surface area contributed by atoms with E-state index in [-0.39, 0.29) is 6.04 Å². The summed E-state index contributed by atoms with van der Waals surface area (Å²) in [5.41, 5.74) is 0. The van der Waals surface area contributed by atoms with Crippen molar-refractivity contribution in [1.82, 2.24) is 4.90 Å². The van der Waals surface area contributed by atoms with Crippen molar-refractivity contribution in [3.8, 4) is 0 Å². The molecule has 3 rings (SSSR count). The van der Waals surface area contributed by atoms with Crippen molar-refractivity contribution in [1.29, 1.82) is 0 Å². The van der Waals surface area contributed by atoms with Crippen LogP contribution in [0.25, 0.3) is 0 Å². The van der Waals surface area contributed by atoms with Gasteiger partial charge in [-0.25, -0.2) is 0 Å². The molecule has 2 bridgehead atoms. The lowest BCUT2D eigenvalue weighted by Gasteiger charge is -2.34. The first-order chi connectivity index (χ1) is 8.24. The molecule has 96 valence electrons. The highest BCUT2D eigenvalue weighted by Crippen LogP contribution is 2.48. The fourth-order valence-electron chi connectivity index (χ4n) is 4.53. The summed E-state index contributed by atoms with van der Waals surface area (Å²) < 4.78 is 0. The highest BCUT2D eigenvalue weighted by Gasteiger charge is 2.40. The minimum Gasteiger partial charge on any atom is -0.298 e. The van der Waals surface area contributed by atoms with Gasteiger partial charge >= 0.3 is 0 Å². The number of likely N-dealkylation sites (N-methyl/N-ethyl adjacent to an activating group) is 1. The maximum Gasteiger partial charge on any atom is 0.149 e. The van der Waals surface area contributed by atoms with Gasteiger partial charge in [-0.05, 0) is 56.9 Å². The minimum absolute atomic E-state index is 0.253. The Bertz CT molecular complexity index is 301. The number of hydrogen-bond donors (Lipinski definition) is 0. The number of Topliss-reactive ketones (excluding diaryl/α,β-unsaturated/α-hetero) is 1. The predicted octanol–water partition coefficient (Wildman–Crippen LogP) is 2.87. The lowest BCUT2D eigenvalue weighted by atomic mass is 9.87. The van der Waals surface area contributed by atoms with E-state index in [1.54, 1.807) is 0 Å². The van der Waals surface area contributed by atoms with E-state index in [1.807, 2.05) is 0 Å². The Kier molecular flexibility index (Phi) is 3.25. The Morgan fingerprint density at radius 3 is 2.71 bits per heavy atom. The Morgan fingerprint density at radius 2 is 2.06 bits per heavy atom. The van der Waals surface area contributed by atoms with Crippen molar-refractivity contribution < 1.29 is 4.79 Å². The average Bonchev–Trinajstić information content (AvgIpc) is 2.91. The van der Waals surface area contributed by atoms with Crippen LogP contribution in [0.5, 0.6) is 0 Å². The van der Waals surface area contributed by atoms with Crippen LogP contribution in [0.2, 0.25) is 0 Å². The second kappa shape index (κ2) is 4.72. The highest BCUT2D eigenvalue weighted by atomic mass is 16.1. The molecule has 3 aliphatic carbocycles. The molecule has 2 nitrogen and oxygen atoms in total. The molecule has 17 heavy (non-hydrogen) atoms. The van der Waals surface area contributed by atoms with Crippen LogP contribution < -0.4 is 0 Å². The minimum atomic E-state index is 0.253. The summed E-state index contributed by atoms with van der Waals surface area (Å²) in [6.45, 7) is 1.18. The summed E-state index contributed by atoms with van der Waals surface area (Å²) in [7, 11) is 2.18. The van der Waals surface area contributed by atoms with Crippen LogP contribution in [0.3, 0.4) is 0 Å². The number of rotatable bonds is 3. The fourth-order valence-corrected chi connectivity index (χ4v) is 4.53. The van der Waals surface area contributed by atoms with Crippen LogP contribution in [0.1, 0.15) is 51.4 Å². The molecule has 4 unspecified atom stereocenters. The number of ketones is 1. The SMILES string of the molecule is CN(CC1CC2CCC1C2)C1CCCCC1=O. The van der Waals surface area contributed by atoms with Crippen LogP contribution in [0.4, 0.5) is 0 Å². The predicted molar refractivity (Wildman–Crippen MR) is 68.8 cm³/mol. The van der Waals surface area contributed by atoms with Crippen molar-refractivity contribution in [3.63, 3.8) is 0 Å². The standard InChI is InChI=1S/C15H25NO/c1-16(14-4-2-3-5-15(14)17)10-13-9-11-6-7-12(13)8-11/h11-14H,2-10H2,1H3. The third kappa shape index (κ3) is 2.29. The Morgan fingerprint density at radius 1 is 1.18 bits per heavy atom. The second-order valence-electron chi connectivity index (χ2n) is 6.60. The van der Waals surface area contributed by atoms with E-state index in [0.29, 0.717) is 5.78 Å². The first kappa shape index (κ1) is 11.7. The smallest absolute Gasteiger partial charge is 0.149 e. The fraction of sp³-hybridized carbons (Fsp3) is 0.933. The van der Waals surface area contributed by atoms with E-state index in [4.69, 9.17) is 0 Å². The number of carbonyl (C=O) groups excluding carboxylic acids is 1. The van der Waals surface area contributed by atoms with E-state index in [0.717, 1.165) is 37.0 Å². The van der Waals surface area contributed by atoms with E-state index in [9.17, 15) is 4.79 Å². The van der Waals surface area contributed by atoms with Gasteiger partial charge in [-0.2, -0.15) is 0 Å². The van der Waals surface area contributed by atoms with E-state index in [2.05, 4.69) is 11.9 Å². The summed E-state index contributed by atoms with van der Waals surface area (Å²) in [6.07, 6.45) is 10.2. The highest BCUT2D eigenvalue weighted by molar-refractivity contribution is 5.84. The van der Waals surface area contributed by atoms with Crippen molar-refractivity contribution in [2.75, 3.05) is 13.6 Å². The van der Waals surface area contributed by atoms with Gasteiger partial charge in [0.05, 0.1) is 6.04 Å². The summed E-state index contributed by atoms with van der Waals surface area (Å²) >= 11 is 0. The third-order valence-electron chi connectivity index (χ3n) is 5.46. The van der Waals surface area contributed by atoms with Crippen molar-refractivity contribution in [3.05, 3.63) is 0 Å². The van der Waals surface area contributed by atoms with Gasteiger partial charge in [-0.1, -0.05) is 12.8 Å². The van der Waals surface area contributed by atoms with Gasteiger partial charge < -0.3 is 0 Å². The van der Waals surface area contributed by atoms with Crippen LogP contribution >= 0.6 is 0 Å². The molecule has 3 saturated carbocycles. The second-order valence-corrected chi connectivity index (χ2v) is 6.60. The summed E-state index contributed by atoms with van der Waals surface area (Å²) in [4.78, 5) is 14.3. The quantitative estimate of drug-likeness (QED) is 0.749. The number of nitrogens with zero attached hydrogens (tertiary/aromatic N) is 1. The van der Waals surface area contributed by atoms with Crippen LogP contribution in [-0.4, -0.2) is 30.3 Å². The molecule has 0 amide bonds. The maximum atomic E-state index is 11.9. The largest absolute Gasteiger partial charge is 0.298 e. The van der Waals surface area contributed by atoms with Crippen molar-refractivity contribution in [2.24, 2.45) is 17.8 Å². The normalized spacial score (nSPS) is 41.4. The molecule has 0 heterocycles. The molecule has 3 aliphatic rings. The van der Waals surface area contributed by atoms with Gasteiger partial charge in [0.1, 0.15) is 5.78 Å². The van der Waals surface area contributed by atoms with Gasteiger partial charge in [-0.15, -0.1) is 0 Å². The zero-order valence-electron chi connectivity index (χ0n) is 11.0. The summed E-state index contributed by atoms with van der Waals surface area (Å²) in [6, 6.07) is 0.253. The monoisotopic (exact) mass is 235 g/mol. The Hall–Kier alpha value is -0.370. The summed E-state index contributed by atoms with van der Waals surface area (Å²) in [5, 5.41) is 0. The van der Waals surface area contributed by atoms with Crippen LogP contribution in [0.15, 0.2) is 0 Å².